The summed E-state index contributed by atoms with van der Waals surface area (Å²) < 4.78 is 37.8. The summed E-state index contributed by atoms with van der Waals surface area (Å²) in [5, 5.41) is 10.5. The van der Waals surface area contributed by atoms with E-state index in [2.05, 4.69) is 0 Å². The second-order valence-electron chi connectivity index (χ2n) is 3.26. The minimum Gasteiger partial charge on any atom is -0.326 e. The van der Waals surface area contributed by atoms with E-state index in [0.717, 1.165) is 12.1 Å². The Hall–Kier alpha value is -1.63. The highest BCUT2D eigenvalue weighted by Gasteiger charge is 2.35. The number of nitro benzene ring substituents is 1. The number of non-ortho nitro benzene ring substituents is 1. The molecule has 0 radical (unpaired) electrons. The monoisotopic (exact) mass is 234 g/mol. The van der Waals surface area contributed by atoms with Gasteiger partial charge in [0.15, 0.2) is 0 Å². The average molecular weight is 234 g/mol. The first-order chi connectivity index (χ1) is 7.27. The number of halogens is 3. The van der Waals surface area contributed by atoms with Gasteiger partial charge in [-0.15, -0.1) is 0 Å². The van der Waals surface area contributed by atoms with Gasteiger partial charge in [0.25, 0.3) is 5.69 Å². The van der Waals surface area contributed by atoms with Crippen LogP contribution in [0.25, 0.3) is 0 Å². The third-order valence-corrected chi connectivity index (χ3v) is 2.12. The summed E-state index contributed by atoms with van der Waals surface area (Å²) in [5.41, 5.74) is 3.43. The fourth-order valence-electron chi connectivity index (χ4n) is 1.51. The topological polar surface area (TPSA) is 69.2 Å². The minimum absolute atomic E-state index is 0.192. The molecule has 4 nitrogen and oxygen atoms in total. The molecule has 16 heavy (non-hydrogen) atoms. The Morgan fingerprint density at radius 1 is 1.44 bits per heavy atom. The number of benzene rings is 1. The average Bonchev–Trinajstić information content (AvgIpc) is 2.14. The van der Waals surface area contributed by atoms with E-state index in [1.54, 1.807) is 0 Å². The Bertz CT molecular complexity index is 429. The van der Waals surface area contributed by atoms with Gasteiger partial charge in [0.1, 0.15) is 0 Å². The molecule has 0 bridgehead atoms. The molecule has 7 heteroatoms. The fraction of sp³-hybridized carbons (Fsp3) is 0.333. The van der Waals surface area contributed by atoms with E-state index in [-0.39, 0.29) is 16.8 Å². The van der Waals surface area contributed by atoms with E-state index in [1.165, 1.54) is 6.92 Å². The van der Waals surface area contributed by atoms with Crippen LogP contribution in [0.3, 0.4) is 0 Å². The first-order valence-corrected chi connectivity index (χ1v) is 4.32. The van der Waals surface area contributed by atoms with Crippen LogP contribution in [-0.4, -0.2) is 4.92 Å². The molecule has 0 saturated carbocycles. The number of rotatable bonds is 2. The number of nitro groups is 1. The van der Waals surface area contributed by atoms with Crippen LogP contribution in [0.5, 0.6) is 0 Å². The van der Waals surface area contributed by atoms with Gasteiger partial charge >= 0.3 is 6.18 Å². The van der Waals surface area contributed by atoms with Gasteiger partial charge < -0.3 is 5.73 Å². The van der Waals surface area contributed by atoms with Crippen molar-refractivity contribution in [1.29, 1.82) is 0 Å². The number of hydrogen-bond acceptors (Lipinski definition) is 3. The normalized spacial score (nSPS) is 11.6. The Kier molecular flexibility index (Phi) is 3.18. The molecular weight excluding hydrogens is 225 g/mol. The zero-order valence-corrected chi connectivity index (χ0v) is 8.34. The van der Waals surface area contributed by atoms with Crippen molar-refractivity contribution in [3.8, 4) is 0 Å². The zero-order valence-electron chi connectivity index (χ0n) is 8.34. The summed E-state index contributed by atoms with van der Waals surface area (Å²) in [7, 11) is 0. The first-order valence-electron chi connectivity index (χ1n) is 4.32. The van der Waals surface area contributed by atoms with E-state index in [1.807, 2.05) is 0 Å². The van der Waals surface area contributed by atoms with Gasteiger partial charge in [0.2, 0.25) is 0 Å². The highest BCUT2D eigenvalue weighted by Crippen LogP contribution is 2.36. The summed E-state index contributed by atoms with van der Waals surface area (Å²) in [6.07, 6.45) is -4.55. The summed E-state index contributed by atoms with van der Waals surface area (Å²) >= 11 is 0. The highest BCUT2D eigenvalue weighted by atomic mass is 19.4. The van der Waals surface area contributed by atoms with Gasteiger partial charge in [-0.05, 0) is 18.1 Å². The van der Waals surface area contributed by atoms with Crippen LogP contribution in [0, 0.1) is 17.0 Å². The molecule has 2 N–H and O–H groups in total. The molecule has 0 aliphatic carbocycles. The van der Waals surface area contributed by atoms with Crippen LogP contribution in [0.15, 0.2) is 12.1 Å². The lowest BCUT2D eigenvalue weighted by molar-refractivity contribution is -0.385. The van der Waals surface area contributed by atoms with Crippen molar-refractivity contribution in [3.05, 3.63) is 38.9 Å². The van der Waals surface area contributed by atoms with Crippen LogP contribution in [-0.2, 0) is 12.7 Å². The molecule has 0 aromatic heterocycles. The van der Waals surface area contributed by atoms with Crippen molar-refractivity contribution in [2.75, 3.05) is 0 Å². The predicted octanol–water partition coefficient (Wildman–Crippen LogP) is 2.38. The van der Waals surface area contributed by atoms with E-state index in [0.29, 0.717) is 0 Å². The van der Waals surface area contributed by atoms with Crippen molar-refractivity contribution in [2.24, 2.45) is 5.73 Å². The molecule has 88 valence electrons. The van der Waals surface area contributed by atoms with E-state index < -0.39 is 23.2 Å². The number of nitrogens with two attached hydrogens (primary N) is 1. The highest BCUT2D eigenvalue weighted by molar-refractivity contribution is 5.46. The number of aryl methyl sites for hydroxylation is 1. The SMILES string of the molecule is Cc1cc([N+](=O)[O-])cc(CN)c1C(F)(F)F. The van der Waals surface area contributed by atoms with Crippen LogP contribution in [0.1, 0.15) is 16.7 Å². The maximum absolute atomic E-state index is 12.6. The lowest BCUT2D eigenvalue weighted by atomic mass is 10.0. The summed E-state index contributed by atoms with van der Waals surface area (Å²) in [6, 6.07) is 1.75. The molecule has 0 saturated heterocycles. The smallest absolute Gasteiger partial charge is 0.326 e. The molecule has 0 unspecified atom stereocenters. The maximum atomic E-state index is 12.6. The van der Waals surface area contributed by atoms with E-state index in [9.17, 15) is 23.3 Å². The lowest BCUT2D eigenvalue weighted by Gasteiger charge is -2.14. The summed E-state index contributed by atoms with van der Waals surface area (Å²) in [4.78, 5) is 9.72. The molecule has 0 aliphatic heterocycles. The largest absolute Gasteiger partial charge is 0.416 e. The molecule has 1 rings (SSSR count). The van der Waals surface area contributed by atoms with Crippen LogP contribution < -0.4 is 5.73 Å². The standard InChI is InChI=1S/C9H9F3N2O2/c1-5-2-7(14(15)16)3-6(4-13)8(5)9(10,11)12/h2-3H,4,13H2,1H3. The van der Waals surface area contributed by atoms with Gasteiger partial charge in [0, 0.05) is 18.7 Å². The second-order valence-corrected chi connectivity index (χ2v) is 3.26. The fourth-order valence-corrected chi connectivity index (χ4v) is 1.51. The molecule has 1 aromatic carbocycles. The van der Waals surface area contributed by atoms with Crippen molar-refractivity contribution < 1.29 is 18.1 Å². The Labute approximate surface area is 89.0 Å². The molecule has 0 fully saturated rings. The summed E-state index contributed by atoms with van der Waals surface area (Å²) in [5.74, 6) is 0. The van der Waals surface area contributed by atoms with Crippen molar-refractivity contribution in [2.45, 2.75) is 19.6 Å². The molecule has 0 amide bonds. The molecular formula is C9H9F3N2O2. The molecule has 1 aromatic rings. The second kappa shape index (κ2) is 4.09. The Morgan fingerprint density at radius 2 is 2.00 bits per heavy atom. The molecule has 0 spiro atoms. The van der Waals surface area contributed by atoms with Crippen molar-refractivity contribution in [1.82, 2.24) is 0 Å². The van der Waals surface area contributed by atoms with Gasteiger partial charge in [0.05, 0.1) is 10.5 Å². The lowest BCUT2D eigenvalue weighted by Crippen LogP contribution is -2.14. The predicted molar refractivity (Wildman–Crippen MR) is 50.7 cm³/mol. The maximum Gasteiger partial charge on any atom is 0.416 e. The van der Waals surface area contributed by atoms with Crippen molar-refractivity contribution in [3.63, 3.8) is 0 Å². The van der Waals surface area contributed by atoms with Gasteiger partial charge in [-0.3, -0.25) is 10.1 Å². The number of hydrogen-bond donors (Lipinski definition) is 1. The first kappa shape index (κ1) is 12.4. The van der Waals surface area contributed by atoms with Gasteiger partial charge in [-0.1, -0.05) is 0 Å². The van der Waals surface area contributed by atoms with Crippen LogP contribution >= 0.6 is 0 Å². The van der Waals surface area contributed by atoms with Gasteiger partial charge in [-0.25, -0.2) is 0 Å². The van der Waals surface area contributed by atoms with Crippen LogP contribution in [0.4, 0.5) is 18.9 Å². The minimum atomic E-state index is -4.55. The Balaban J connectivity index is 3.46. The third-order valence-electron chi connectivity index (χ3n) is 2.12. The van der Waals surface area contributed by atoms with E-state index >= 15 is 0 Å². The number of alkyl halides is 3. The molecule has 0 heterocycles. The molecule has 0 atom stereocenters. The molecule has 0 aliphatic rings. The van der Waals surface area contributed by atoms with Crippen LogP contribution in [0.2, 0.25) is 0 Å². The zero-order chi connectivity index (χ0) is 12.5. The van der Waals surface area contributed by atoms with Gasteiger partial charge in [-0.2, -0.15) is 13.2 Å². The summed E-state index contributed by atoms with van der Waals surface area (Å²) in [6.45, 7) is 0.784. The van der Waals surface area contributed by atoms with Crippen molar-refractivity contribution >= 4 is 5.69 Å². The Morgan fingerprint density at radius 3 is 2.38 bits per heavy atom. The number of nitrogens with zero attached hydrogens (tertiary/aromatic N) is 1. The third kappa shape index (κ3) is 2.30. The van der Waals surface area contributed by atoms with E-state index in [4.69, 9.17) is 5.73 Å². The quantitative estimate of drug-likeness (QED) is 0.630.